The van der Waals surface area contributed by atoms with Crippen LogP contribution >= 0.6 is 0 Å². The van der Waals surface area contributed by atoms with E-state index in [9.17, 15) is 31.1 Å². The van der Waals surface area contributed by atoms with Crippen molar-refractivity contribution in [3.05, 3.63) is 53.9 Å². The van der Waals surface area contributed by atoms with Crippen molar-refractivity contribution in [2.24, 2.45) is 5.73 Å². The zero-order valence-electron chi connectivity index (χ0n) is 19.3. The monoisotopic (exact) mass is 493 g/mol. The molecule has 0 bridgehead atoms. The highest BCUT2D eigenvalue weighted by Gasteiger charge is 2.38. The van der Waals surface area contributed by atoms with E-state index in [4.69, 9.17) is 10.5 Å². The number of carbonyl (C=O) groups is 1. The summed E-state index contributed by atoms with van der Waals surface area (Å²) < 4.78 is 81.8. The molecule has 2 aromatic rings. The Kier molecular flexibility index (Phi) is 11.0. The van der Waals surface area contributed by atoms with Gasteiger partial charge in [-0.1, -0.05) is 44.2 Å². The van der Waals surface area contributed by atoms with E-state index in [1.165, 1.54) is 32.2 Å². The number of hydrogen-bond donors (Lipinski definition) is 2. The lowest BCUT2D eigenvalue weighted by Crippen LogP contribution is -2.48. The molecule has 1 aromatic heterocycles. The van der Waals surface area contributed by atoms with Gasteiger partial charge in [0.1, 0.15) is 11.8 Å². The highest BCUT2D eigenvalue weighted by Crippen LogP contribution is 2.31. The van der Waals surface area contributed by atoms with Crippen molar-refractivity contribution >= 4 is 5.91 Å². The first-order valence-electron chi connectivity index (χ1n) is 10.6. The third kappa shape index (κ3) is 8.60. The van der Waals surface area contributed by atoms with Crippen LogP contribution < -0.4 is 11.1 Å². The number of nitrogens with two attached hydrogens (primary N) is 1. The maximum Gasteiger partial charge on any atom is 0.409 e. The van der Waals surface area contributed by atoms with Crippen LogP contribution in [0, 0.1) is 0 Å². The molecule has 3 N–H and O–H groups in total. The molecule has 34 heavy (non-hydrogen) atoms. The molecule has 0 spiro atoms. The van der Waals surface area contributed by atoms with Crippen LogP contribution in [0.5, 0.6) is 0 Å². The van der Waals surface area contributed by atoms with Gasteiger partial charge in [0, 0.05) is 18.2 Å². The average molecular weight is 493 g/mol. The summed E-state index contributed by atoms with van der Waals surface area (Å²) in [4.78, 5) is 15.0. The Morgan fingerprint density at radius 3 is 2.06 bits per heavy atom. The van der Waals surface area contributed by atoms with Gasteiger partial charge in [-0.2, -0.15) is 22.0 Å². The quantitative estimate of drug-likeness (QED) is 0.338. The average Bonchev–Trinajstić information content (AvgIpc) is 2.79. The molecule has 1 aromatic carbocycles. The summed E-state index contributed by atoms with van der Waals surface area (Å²) in [5.41, 5.74) is 5.01. The molecule has 5 nitrogen and oxygen atoms in total. The number of pyridine rings is 1. The molecule has 0 fully saturated rings. The number of alkyl halides is 6. The van der Waals surface area contributed by atoms with Crippen molar-refractivity contribution in [1.82, 2.24) is 10.3 Å². The van der Waals surface area contributed by atoms with Crippen LogP contribution in [0.4, 0.5) is 26.3 Å². The third-order valence-electron chi connectivity index (χ3n) is 4.50. The van der Waals surface area contributed by atoms with Crippen molar-refractivity contribution < 1.29 is 35.9 Å². The summed E-state index contributed by atoms with van der Waals surface area (Å²) in [5, 5.41) is 2.04. The molecule has 0 aliphatic heterocycles. The smallest absolute Gasteiger partial charge is 0.348 e. The van der Waals surface area contributed by atoms with Crippen molar-refractivity contribution in [2.45, 2.75) is 64.6 Å². The standard InChI is InChI=1S/C21H23F6N3O2.C2H6/c1-20(2,30-19(31)18(23)24)32-16(9-10-22)13-5-3-12(4-6-13)14-7-8-15(29-11-14)17(28)21(25,26)27;1-2/h3-8,11,16-18H,9-10,28H2,1-2H3,(H,30,31);1-2H3. The van der Waals surface area contributed by atoms with Gasteiger partial charge >= 0.3 is 12.6 Å². The molecule has 0 saturated heterocycles. The molecule has 190 valence electrons. The molecule has 2 rings (SSSR count). The molecule has 0 saturated carbocycles. The predicted octanol–water partition coefficient (Wildman–Crippen LogP) is 5.87. The fraction of sp³-hybridized carbons (Fsp3) is 0.478. The van der Waals surface area contributed by atoms with Gasteiger partial charge in [0.15, 0.2) is 0 Å². The van der Waals surface area contributed by atoms with E-state index in [1.807, 2.05) is 19.2 Å². The minimum absolute atomic E-state index is 0.0844. The molecule has 11 heteroatoms. The van der Waals surface area contributed by atoms with E-state index in [-0.39, 0.29) is 12.1 Å². The van der Waals surface area contributed by atoms with Crippen molar-refractivity contribution in [1.29, 1.82) is 0 Å². The van der Waals surface area contributed by atoms with E-state index in [0.717, 1.165) is 0 Å². The Bertz CT molecular complexity index is 887. The van der Waals surface area contributed by atoms with Crippen LogP contribution in [0.3, 0.4) is 0 Å². The number of amides is 1. The summed E-state index contributed by atoms with van der Waals surface area (Å²) in [6.07, 6.45) is -7.49. The number of ether oxygens (including phenoxy) is 1. The lowest BCUT2D eigenvalue weighted by Gasteiger charge is -2.31. The number of benzene rings is 1. The van der Waals surface area contributed by atoms with Crippen LogP contribution in [0.1, 0.15) is 57.5 Å². The van der Waals surface area contributed by atoms with Gasteiger partial charge in [-0.3, -0.25) is 14.2 Å². The van der Waals surface area contributed by atoms with E-state index in [1.54, 1.807) is 24.3 Å². The Hall–Kier alpha value is -2.66. The summed E-state index contributed by atoms with van der Waals surface area (Å²) in [7, 11) is 0. The van der Waals surface area contributed by atoms with Gasteiger partial charge in [0.05, 0.1) is 18.5 Å². The molecular formula is C23H29F6N3O2. The SMILES string of the molecule is CC.CC(C)(NC(=O)C(F)F)OC(CCF)c1ccc(-c2ccc(C(N)C(F)(F)F)nc2)cc1. The molecule has 1 heterocycles. The largest absolute Gasteiger partial charge is 0.409 e. The van der Waals surface area contributed by atoms with E-state index in [0.29, 0.717) is 16.7 Å². The lowest BCUT2D eigenvalue weighted by atomic mass is 10.0. The second-order valence-electron chi connectivity index (χ2n) is 7.50. The van der Waals surface area contributed by atoms with Crippen molar-refractivity contribution in [3.8, 4) is 11.1 Å². The maximum absolute atomic E-state index is 13.0. The predicted molar refractivity (Wildman–Crippen MR) is 117 cm³/mol. The topological polar surface area (TPSA) is 77.2 Å². The molecular weight excluding hydrogens is 464 g/mol. The Morgan fingerprint density at radius 1 is 1.06 bits per heavy atom. The number of nitrogens with zero attached hydrogens (tertiary/aromatic N) is 1. The first-order chi connectivity index (χ1) is 15.8. The zero-order valence-corrected chi connectivity index (χ0v) is 19.3. The summed E-state index contributed by atoms with van der Waals surface area (Å²) in [6, 6.07) is 6.92. The second kappa shape index (κ2) is 12.7. The Morgan fingerprint density at radius 2 is 1.62 bits per heavy atom. The zero-order chi connectivity index (χ0) is 26.1. The molecule has 0 aliphatic rings. The minimum Gasteiger partial charge on any atom is -0.348 e. The number of halogens is 6. The summed E-state index contributed by atoms with van der Waals surface area (Å²) in [6.45, 7) is 5.98. The van der Waals surface area contributed by atoms with E-state index < -0.39 is 43.1 Å². The Labute approximate surface area is 194 Å². The van der Waals surface area contributed by atoms with Crippen LogP contribution in [0.2, 0.25) is 0 Å². The van der Waals surface area contributed by atoms with E-state index >= 15 is 0 Å². The van der Waals surface area contributed by atoms with Gasteiger partial charge in [-0.05, 0) is 31.0 Å². The van der Waals surface area contributed by atoms with Crippen LogP contribution in [-0.2, 0) is 9.53 Å². The first-order valence-corrected chi connectivity index (χ1v) is 10.6. The summed E-state index contributed by atoms with van der Waals surface area (Å²) >= 11 is 0. The van der Waals surface area contributed by atoms with Gasteiger partial charge < -0.3 is 15.8 Å². The lowest BCUT2D eigenvalue weighted by molar-refractivity contribution is -0.150. The van der Waals surface area contributed by atoms with Crippen molar-refractivity contribution in [3.63, 3.8) is 0 Å². The third-order valence-corrected chi connectivity index (χ3v) is 4.50. The molecule has 0 radical (unpaired) electrons. The van der Waals surface area contributed by atoms with Gasteiger partial charge in [-0.25, -0.2) is 0 Å². The number of rotatable bonds is 9. The fourth-order valence-electron chi connectivity index (χ4n) is 2.95. The normalized spacial score (nSPS) is 13.6. The summed E-state index contributed by atoms with van der Waals surface area (Å²) in [5.74, 6) is -1.51. The van der Waals surface area contributed by atoms with Crippen molar-refractivity contribution in [2.75, 3.05) is 6.67 Å². The minimum atomic E-state index is -4.61. The number of nitrogens with one attached hydrogen (secondary N) is 1. The number of hydrogen-bond acceptors (Lipinski definition) is 4. The van der Waals surface area contributed by atoms with Gasteiger partial charge in [-0.15, -0.1) is 0 Å². The highest BCUT2D eigenvalue weighted by molar-refractivity contribution is 5.79. The number of aromatic nitrogens is 1. The molecule has 1 amide bonds. The molecule has 2 atom stereocenters. The molecule has 2 unspecified atom stereocenters. The second-order valence-corrected chi connectivity index (χ2v) is 7.50. The Balaban J connectivity index is 0.00000281. The van der Waals surface area contributed by atoms with E-state index in [2.05, 4.69) is 4.98 Å². The van der Waals surface area contributed by atoms with Gasteiger partial charge in [0.2, 0.25) is 0 Å². The fourth-order valence-corrected chi connectivity index (χ4v) is 2.95. The van der Waals surface area contributed by atoms with Crippen LogP contribution in [0.25, 0.3) is 11.1 Å². The van der Waals surface area contributed by atoms with Crippen LogP contribution in [-0.4, -0.2) is 35.9 Å². The van der Waals surface area contributed by atoms with Gasteiger partial charge in [0.25, 0.3) is 5.91 Å². The van der Waals surface area contributed by atoms with Crippen LogP contribution in [0.15, 0.2) is 42.6 Å². The maximum atomic E-state index is 13.0. The number of carbonyl (C=O) groups excluding carboxylic acids is 1. The first kappa shape index (κ1) is 29.4. The highest BCUT2D eigenvalue weighted by atomic mass is 19.4. The molecule has 0 aliphatic carbocycles.